The highest BCUT2D eigenvalue weighted by atomic mass is 79.9. The number of carbonyl (C=O) groups excluding carboxylic acids is 4. The van der Waals surface area contributed by atoms with Crippen LogP contribution in [0.2, 0.25) is 0 Å². The van der Waals surface area contributed by atoms with Gasteiger partial charge in [0, 0.05) is 21.5 Å². The van der Waals surface area contributed by atoms with E-state index in [2.05, 4.69) is 21.2 Å². The summed E-state index contributed by atoms with van der Waals surface area (Å²) in [6.07, 6.45) is 1.50. The molecule has 1 aliphatic rings. The first-order chi connectivity index (χ1) is 17.0. The average molecular weight is 550 g/mol. The molecule has 2 heterocycles. The van der Waals surface area contributed by atoms with E-state index in [0.29, 0.717) is 16.8 Å². The lowest BCUT2D eigenvalue weighted by molar-refractivity contribution is -0.122. The SMILES string of the molecule is COC(=O)c1ccc(-n2c(C)cc(/C=C3\C(=O)NC(=O)N(c4ccc(Br)c(C)c4)C3=O)c2C)c(C)c1. The lowest BCUT2D eigenvalue weighted by Gasteiger charge is -2.26. The van der Waals surface area contributed by atoms with Crippen molar-refractivity contribution in [1.82, 2.24) is 9.88 Å². The van der Waals surface area contributed by atoms with Crippen LogP contribution in [-0.4, -0.2) is 35.5 Å². The highest BCUT2D eigenvalue weighted by Crippen LogP contribution is 2.29. The van der Waals surface area contributed by atoms with Crippen LogP contribution in [0.3, 0.4) is 0 Å². The zero-order chi connectivity index (χ0) is 26.3. The zero-order valence-corrected chi connectivity index (χ0v) is 22.0. The number of nitrogens with zero attached hydrogens (tertiary/aromatic N) is 2. The van der Waals surface area contributed by atoms with E-state index in [1.165, 1.54) is 13.2 Å². The van der Waals surface area contributed by atoms with Gasteiger partial charge in [0.1, 0.15) is 5.57 Å². The Morgan fingerprint density at radius 3 is 2.33 bits per heavy atom. The van der Waals surface area contributed by atoms with Gasteiger partial charge in [-0.05, 0) is 92.9 Å². The van der Waals surface area contributed by atoms with Crippen LogP contribution in [0, 0.1) is 27.7 Å². The number of imide groups is 2. The third-order valence-corrected chi connectivity index (χ3v) is 7.02. The molecule has 0 aliphatic carbocycles. The Kier molecular flexibility index (Phi) is 6.69. The van der Waals surface area contributed by atoms with Gasteiger partial charge in [0.25, 0.3) is 11.8 Å². The molecule has 0 spiro atoms. The fourth-order valence-corrected chi connectivity index (χ4v) is 4.52. The van der Waals surface area contributed by atoms with Crippen molar-refractivity contribution in [2.75, 3.05) is 12.0 Å². The number of hydrogen-bond donors (Lipinski definition) is 1. The van der Waals surface area contributed by atoms with Crippen molar-refractivity contribution in [2.24, 2.45) is 0 Å². The van der Waals surface area contributed by atoms with Crippen LogP contribution in [0.4, 0.5) is 10.5 Å². The minimum atomic E-state index is -0.796. The van der Waals surface area contributed by atoms with Crippen LogP contribution in [0.5, 0.6) is 0 Å². The molecule has 4 rings (SSSR count). The summed E-state index contributed by atoms with van der Waals surface area (Å²) in [6, 6.07) is 11.4. The van der Waals surface area contributed by atoms with E-state index < -0.39 is 23.8 Å². The maximum atomic E-state index is 13.3. The molecule has 2 aromatic carbocycles. The number of hydrogen-bond acceptors (Lipinski definition) is 5. The molecule has 36 heavy (non-hydrogen) atoms. The van der Waals surface area contributed by atoms with Crippen molar-refractivity contribution in [2.45, 2.75) is 27.7 Å². The van der Waals surface area contributed by atoms with Crippen LogP contribution in [0.15, 0.2) is 52.5 Å². The van der Waals surface area contributed by atoms with Gasteiger partial charge in [-0.15, -0.1) is 0 Å². The van der Waals surface area contributed by atoms with Crippen molar-refractivity contribution < 1.29 is 23.9 Å². The van der Waals surface area contributed by atoms with Gasteiger partial charge in [-0.25, -0.2) is 14.5 Å². The number of methoxy groups -OCH3 is 1. The number of anilines is 1. The van der Waals surface area contributed by atoms with Gasteiger partial charge in [0.15, 0.2) is 0 Å². The maximum absolute atomic E-state index is 13.3. The summed E-state index contributed by atoms with van der Waals surface area (Å²) in [5.41, 5.74) is 5.52. The Bertz CT molecular complexity index is 1480. The monoisotopic (exact) mass is 549 g/mol. The predicted octanol–water partition coefficient (Wildman–Crippen LogP) is 4.93. The Labute approximate surface area is 216 Å². The largest absolute Gasteiger partial charge is 0.465 e. The Morgan fingerprint density at radius 2 is 1.69 bits per heavy atom. The van der Waals surface area contributed by atoms with E-state index in [1.54, 1.807) is 30.3 Å². The van der Waals surface area contributed by atoms with Crippen molar-refractivity contribution in [1.29, 1.82) is 0 Å². The van der Waals surface area contributed by atoms with Gasteiger partial charge in [0.2, 0.25) is 0 Å². The second kappa shape index (κ2) is 9.58. The molecule has 1 aliphatic heterocycles. The van der Waals surface area contributed by atoms with Crippen LogP contribution in [0.1, 0.15) is 38.4 Å². The van der Waals surface area contributed by atoms with E-state index >= 15 is 0 Å². The number of barbiturate groups is 1. The smallest absolute Gasteiger partial charge is 0.337 e. The van der Waals surface area contributed by atoms with Crippen molar-refractivity contribution in [3.63, 3.8) is 0 Å². The van der Waals surface area contributed by atoms with Crippen LogP contribution >= 0.6 is 15.9 Å². The van der Waals surface area contributed by atoms with Crippen LogP contribution in [0.25, 0.3) is 11.8 Å². The number of carbonyl (C=O) groups is 4. The van der Waals surface area contributed by atoms with E-state index in [-0.39, 0.29) is 5.57 Å². The summed E-state index contributed by atoms with van der Waals surface area (Å²) in [5.74, 6) is -1.87. The maximum Gasteiger partial charge on any atom is 0.337 e. The summed E-state index contributed by atoms with van der Waals surface area (Å²) in [6.45, 7) is 7.52. The topological polar surface area (TPSA) is 97.7 Å². The van der Waals surface area contributed by atoms with Gasteiger partial charge in [0.05, 0.1) is 18.4 Å². The van der Waals surface area contributed by atoms with Crippen LogP contribution < -0.4 is 10.2 Å². The Hall–Kier alpha value is -3.98. The highest BCUT2D eigenvalue weighted by Gasteiger charge is 2.37. The molecule has 1 N–H and O–H groups in total. The number of benzene rings is 2. The molecule has 8 nitrogen and oxygen atoms in total. The molecule has 0 bridgehead atoms. The van der Waals surface area contributed by atoms with E-state index in [0.717, 1.165) is 37.6 Å². The third-order valence-electron chi connectivity index (χ3n) is 6.13. The number of ether oxygens (including phenoxy) is 1. The van der Waals surface area contributed by atoms with Crippen LogP contribution in [-0.2, 0) is 14.3 Å². The molecule has 1 aromatic heterocycles. The lowest BCUT2D eigenvalue weighted by Crippen LogP contribution is -2.54. The number of halogens is 1. The lowest BCUT2D eigenvalue weighted by atomic mass is 10.1. The molecular formula is C27H24BrN3O5. The number of aromatic nitrogens is 1. The van der Waals surface area contributed by atoms with Gasteiger partial charge in [-0.1, -0.05) is 15.9 Å². The number of rotatable bonds is 4. The molecular weight excluding hydrogens is 526 g/mol. The number of aryl methyl sites for hydroxylation is 3. The summed E-state index contributed by atoms with van der Waals surface area (Å²) >= 11 is 3.41. The number of amides is 4. The van der Waals surface area contributed by atoms with Gasteiger partial charge >= 0.3 is 12.0 Å². The van der Waals surface area contributed by atoms with Gasteiger partial charge in [-0.2, -0.15) is 0 Å². The normalized spacial score (nSPS) is 14.9. The minimum Gasteiger partial charge on any atom is -0.465 e. The zero-order valence-electron chi connectivity index (χ0n) is 20.4. The average Bonchev–Trinajstić information content (AvgIpc) is 3.10. The van der Waals surface area contributed by atoms with E-state index in [1.807, 2.05) is 44.4 Å². The first-order valence-electron chi connectivity index (χ1n) is 11.1. The molecule has 0 unspecified atom stereocenters. The van der Waals surface area contributed by atoms with Gasteiger partial charge < -0.3 is 9.30 Å². The molecule has 9 heteroatoms. The van der Waals surface area contributed by atoms with Crippen molar-refractivity contribution in [3.8, 4) is 5.69 Å². The fourth-order valence-electron chi connectivity index (χ4n) is 4.27. The quantitative estimate of drug-likeness (QED) is 0.283. The molecule has 184 valence electrons. The Balaban J connectivity index is 1.75. The number of urea groups is 1. The fraction of sp³-hybridized carbons (Fsp3) is 0.185. The minimum absolute atomic E-state index is 0.145. The molecule has 1 saturated heterocycles. The van der Waals surface area contributed by atoms with Gasteiger partial charge in [-0.3, -0.25) is 14.9 Å². The Morgan fingerprint density at radius 1 is 0.972 bits per heavy atom. The molecule has 3 aromatic rings. The number of esters is 1. The molecule has 0 radical (unpaired) electrons. The molecule has 4 amide bonds. The highest BCUT2D eigenvalue weighted by molar-refractivity contribution is 9.10. The van der Waals surface area contributed by atoms with Crippen molar-refractivity contribution >= 4 is 51.5 Å². The summed E-state index contributed by atoms with van der Waals surface area (Å²) in [7, 11) is 1.33. The second-order valence-corrected chi connectivity index (χ2v) is 9.40. The van der Waals surface area contributed by atoms with E-state index in [4.69, 9.17) is 4.74 Å². The first kappa shape index (κ1) is 25.1. The number of nitrogens with one attached hydrogen (secondary N) is 1. The molecule has 0 atom stereocenters. The third kappa shape index (κ3) is 4.37. The summed E-state index contributed by atoms with van der Waals surface area (Å²) in [4.78, 5) is 51.4. The first-order valence-corrected chi connectivity index (χ1v) is 11.9. The van der Waals surface area contributed by atoms with Crippen molar-refractivity contribution in [3.05, 3.63) is 86.2 Å². The summed E-state index contributed by atoms with van der Waals surface area (Å²) in [5, 5.41) is 2.26. The molecule has 1 fully saturated rings. The standard InChI is InChI=1S/C27H24BrN3O5/c1-14-11-20(7-8-22(14)28)31-25(33)21(24(32)29-27(31)35)13-19-12-16(3)30(17(19)4)23-9-6-18(10-15(23)2)26(34)36-5/h6-13H,1-5H3,(H,29,32,35)/b21-13+. The predicted molar refractivity (Wildman–Crippen MR) is 139 cm³/mol. The molecule has 0 saturated carbocycles. The summed E-state index contributed by atoms with van der Waals surface area (Å²) < 4.78 is 7.62. The van der Waals surface area contributed by atoms with E-state index in [9.17, 15) is 19.2 Å². The second-order valence-electron chi connectivity index (χ2n) is 8.55.